The molecule has 1 aromatic rings. The van der Waals surface area contributed by atoms with Crippen molar-refractivity contribution in [2.75, 3.05) is 33.9 Å². The van der Waals surface area contributed by atoms with Crippen molar-refractivity contribution >= 4 is 0 Å². The van der Waals surface area contributed by atoms with Crippen molar-refractivity contribution in [2.45, 2.75) is 13.0 Å². The highest BCUT2D eigenvalue weighted by Gasteiger charge is 2.25. The largest absolute Gasteiger partial charge is 0.494 e. The van der Waals surface area contributed by atoms with Crippen molar-refractivity contribution < 1.29 is 18.3 Å². The summed E-state index contributed by atoms with van der Waals surface area (Å²) in [4.78, 5) is 2.05. The van der Waals surface area contributed by atoms with Crippen molar-refractivity contribution in [3.8, 4) is 5.75 Å². The number of rotatable bonds is 5. The summed E-state index contributed by atoms with van der Waals surface area (Å²) in [6, 6.07) is 2.56. The van der Waals surface area contributed by atoms with Crippen LogP contribution in [0.25, 0.3) is 0 Å². The van der Waals surface area contributed by atoms with E-state index in [0.29, 0.717) is 12.5 Å². The number of halogens is 2. The highest BCUT2D eigenvalue weighted by atomic mass is 19.1. The van der Waals surface area contributed by atoms with Crippen molar-refractivity contribution in [1.29, 1.82) is 0 Å². The highest BCUT2D eigenvalue weighted by molar-refractivity contribution is 5.32. The standard InChI is InChI=1S/C14H19F2NO2/c1-18-9-10-5-6-17(7-10)8-11-12(15)3-4-13(19-2)14(11)16/h3-4,10H,5-9H2,1-2H3/t10-/m1/s1. The first-order chi connectivity index (χ1) is 9.15. The average molecular weight is 271 g/mol. The lowest BCUT2D eigenvalue weighted by atomic mass is 10.1. The van der Waals surface area contributed by atoms with Crippen LogP contribution in [0.5, 0.6) is 5.75 Å². The zero-order valence-electron chi connectivity index (χ0n) is 11.3. The maximum absolute atomic E-state index is 14.0. The molecule has 1 aliphatic heterocycles. The Kier molecular flexibility index (Phi) is 4.71. The van der Waals surface area contributed by atoms with Gasteiger partial charge in [0.15, 0.2) is 11.6 Å². The molecule has 0 amide bonds. The van der Waals surface area contributed by atoms with Gasteiger partial charge in [-0.25, -0.2) is 8.78 Å². The summed E-state index contributed by atoms with van der Waals surface area (Å²) in [5.74, 6) is -0.586. The fourth-order valence-electron chi connectivity index (χ4n) is 2.53. The van der Waals surface area contributed by atoms with Crippen LogP contribution in [0, 0.1) is 17.6 Å². The molecule has 0 bridgehead atoms. The van der Waals surface area contributed by atoms with Crippen LogP contribution in [0.2, 0.25) is 0 Å². The van der Waals surface area contributed by atoms with E-state index in [4.69, 9.17) is 9.47 Å². The Bertz CT molecular complexity index is 440. The smallest absolute Gasteiger partial charge is 0.172 e. The number of ether oxygens (including phenoxy) is 2. The van der Waals surface area contributed by atoms with Crippen LogP contribution in [0.1, 0.15) is 12.0 Å². The Labute approximate surface area is 112 Å². The van der Waals surface area contributed by atoms with Crippen LogP contribution in [0.3, 0.4) is 0 Å². The molecule has 1 heterocycles. The Hall–Kier alpha value is -1.20. The van der Waals surface area contributed by atoms with Gasteiger partial charge in [0.05, 0.1) is 13.7 Å². The van der Waals surface area contributed by atoms with Crippen molar-refractivity contribution in [2.24, 2.45) is 5.92 Å². The van der Waals surface area contributed by atoms with E-state index in [1.807, 2.05) is 4.90 Å². The van der Waals surface area contributed by atoms with Gasteiger partial charge in [-0.05, 0) is 31.0 Å². The third kappa shape index (κ3) is 3.22. The highest BCUT2D eigenvalue weighted by Crippen LogP contribution is 2.26. The van der Waals surface area contributed by atoms with Gasteiger partial charge in [0, 0.05) is 25.8 Å². The Balaban J connectivity index is 2.07. The topological polar surface area (TPSA) is 21.7 Å². The minimum Gasteiger partial charge on any atom is -0.494 e. The number of hydrogen-bond acceptors (Lipinski definition) is 3. The molecule has 0 spiro atoms. The van der Waals surface area contributed by atoms with Crippen LogP contribution in [-0.4, -0.2) is 38.8 Å². The molecule has 0 aliphatic carbocycles. The van der Waals surface area contributed by atoms with E-state index in [0.717, 1.165) is 19.5 Å². The molecule has 1 fully saturated rings. The van der Waals surface area contributed by atoms with Crippen molar-refractivity contribution in [3.63, 3.8) is 0 Å². The minimum atomic E-state index is -0.599. The van der Waals surface area contributed by atoms with Gasteiger partial charge in [-0.3, -0.25) is 4.90 Å². The third-order valence-electron chi connectivity index (χ3n) is 3.52. The number of nitrogens with zero attached hydrogens (tertiary/aromatic N) is 1. The lowest BCUT2D eigenvalue weighted by Crippen LogP contribution is -2.22. The minimum absolute atomic E-state index is 0.0809. The molecule has 0 N–H and O–H groups in total. The molecule has 0 aromatic heterocycles. The summed E-state index contributed by atoms with van der Waals surface area (Å²) in [5, 5.41) is 0. The summed E-state index contributed by atoms with van der Waals surface area (Å²) < 4.78 is 37.7. The average Bonchev–Trinajstić information content (AvgIpc) is 2.83. The van der Waals surface area contributed by atoms with Gasteiger partial charge >= 0.3 is 0 Å². The van der Waals surface area contributed by atoms with Gasteiger partial charge in [-0.2, -0.15) is 0 Å². The van der Waals surface area contributed by atoms with Crippen LogP contribution < -0.4 is 4.74 Å². The van der Waals surface area contributed by atoms with E-state index in [1.165, 1.54) is 19.2 Å². The lowest BCUT2D eigenvalue weighted by molar-refractivity contribution is 0.152. The Morgan fingerprint density at radius 2 is 2.11 bits per heavy atom. The molecule has 0 saturated carbocycles. The third-order valence-corrected chi connectivity index (χ3v) is 3.52. The fourth-order valence-corrected chi connectivity index (χ4v) is 2.53. The summed E-state index contributed by atoms with van der Waals surface area (Å²) >= 11 is 0. The molecule has 2 rings (SSSR count). The fraction of sp³-hybridized carbons (Fsp3) is 0.571. The van der Waals surface area contributed by atoms with Crippen molar-refractivity contribution in [3.05, 3.63) is 29.3 Å². The number of likely N-dealkylation sites (tertiary alicyclic amines) is 1. The first-order valence-corrected chi connectivity index (χ1v) is 6.37. The maximum atomic E-state index is 14.0. The molecule has 0 unspecified atom stereocenters. The summed E-state index contributed by atoms with van der Waals surface area (Å²) in [6.45, 7) is 2.61. The van der Waals surface area contributed by atoms with Crippen LogP contribution in [0.15, 0.2) is 12.1 Å². The molecule has 1 aliphatic rings. The van der Waals surface area contributed by atoms with Crippen LogP contribution in [0.4, 0.5) is 8.78 Å². The molecule has 0 radical (unpaired) electrons. The van der Waals surface area contributed by atoms with E-state index in [-0.39, 0.29) is 17.9 Å². The van der Waals surface area contributed by atoms with Crippen LogP contribution in [-0.2, 0) is 11.3 Å². The second kappa shape index (κ2) is 6.30. The molecule has 1 aromatic carbocycles. The second-order valence-corrected chi connectivity index (χ2v) is 4.89. The van der Waals surface area contributed by atoms with Gasteiger partial charge < -0.3 is 9.47 Å². The Morgan fingerprint density at radius 3 is 2.79 bits per heavy atom. The van der Waals surface area contributed by atoms with Gasteiger partial charge in [-0.1, -0.05) is 0 Å². The molecule has 1 saturated heterocycles. The molecule has 5 heteroatoms. The predicted molar refractivity (Wildman–Crippen MR) is 68.2 cm³/mol. The number of hydrogen-bond donors (Lipinski definition) is 0. The molecular weight excluding hydrogens is 252 g/mol. The van der Waals surface area contributed by atoms with E-state index in [1.54, 1.807) is 7.11 Å². The first kappa shape index (κ1) is 14.2. The molecule has 3 nitrogen and oxygen atoms in total. The normalized spacial score (nSPS) is 19.9. The van der Waals surface area contributed by atoms with E-state index >= 15 is 0 Å². The zero-order valence-corrected chi connectivity index (χ0v) is 11.3. The zero-order chi connectivity index (χ0) is 13.8. The summed E-state index contributed by atoms with van der Waals surface area (Å²) in [6.07, 6.45) is 1.00. The first-order valence-electron chi connectivity index (χ1n) is 6.37. The number of benzene rings is 1. The van der Waals surface area contributed by atoms with Gasteiger partial charge in [0.2, 0.25) is 0 Å². The van der Waals surface area contributed by atoms with E-state index in [2.05, 4.69) is 0 Å². The van der Waals surface area contributed by atoms with Gasteiger partial charge in [0.1, 0.15) is 5.82 Å². The van der Waals surface area contributed by atoms with Crippen molar-refractivity contribution in [1.82, 2.24) is 4.90 Å². The van der Waals surface area contributed by atoms with E-state index < -0.39 is 11.6 Å². The SMILES string of the molecule is COC[C@@H]1CCN(Cc2c(F)ccc(OC)c2F)C1. The summed E-state index contributed by atoms with van der Waals surface area (Å²) in [7, 11) is 3.05. The molecule has 106 valence electrons. The van der Waals surface area contributed by atoms with E-state index in [9.17, 15) is 8.78 Å². The van der Waals surface area contributed by atoms with Crippen LogP contribution >= 0.6 is 0 Å². The number of methoxy groups -OCH3 is 2. The molecular formula is C14H19F2NO2. The second-order valence-electron chi connectivity index (χ2n) is 4.89. The quantitative estimate of drug-likeness (QED) is 0.821. The van der Waals surface area contributed by atoms with Gasteiger partial charge in [0.25, 0.3) is 0 Å². The summed E-state index contributed by atoms with van der Waals surface area (Å²) in [5.41, 5.74) is 0.0809. The maximum Gasteiger partial charge on any atom is 0.172 e. The Morgan fingerprint density at radius 1 is 1.32 bits per heavy atom. The molecule has 1 atom stereocenters. The lowest BCUT2D eigenvalue weighted by Gasteiger charge is -2.17. The molecule has 19 heavy (non-hydrogen) atoms. The predicted octanol–water partition coefficient (Wildman–Crippen LogP) is 2.44. The monoisotopic (exact) mass is 271 g/mol. The van der Waals surface area contributed by atoms with Gasteiger partial charge in [-0.15, -0.1) is 0 Å².